The maximum absolute atomic E-state index is 13.5. The number of halogens is 3. The van der Waals surface area contributed by atoms with Gasteiger partial charge in [-0.15, -0.1) is 0 Å². The molecule has 1 unspecified atom stereocenters. The Balaban J connectivity index is 1.81. The highest BCUT2D eigenvalue weighted by atomic mass is 79.9. The second kappa shape index (κ2) is 7.04. The minimum atomic E-state index is -0.818. The minimum Gasteiger partial charge on any atom is -0.450 e. The first-order chi connectivity index (χ1) is 14.4. The Morgan fingerprint density at radius 1 is 1.07 bits per heavy atom. The van der Waals surface area contributed by atoms with Crippen molar-refractivity contribution in [1.29, 1.82) is 0 Å². The monoisotopic (exact) mass is 484 g/mol. The summed E-state index contributed by atoms with van der Waals surface area (Å²) in [6.45, 7) is 0. The van der Waals surface area contributed by atoms with Crippen molar-refractivity contribution in [3.8, 4) is 0 Å². The lowest BCUT2D eigenvalue weighted by Gasteiger charge is -2.24. The molecule has 30 heavy (non-hydrogen) atoms. The Bertz CT molecular complexity index is 1370. The maximum Gasteiger partial charge on any atom is 0.296 e. The first-order valence-electron chi connectivity index (χ1n) is 8.91. The first kappa shape index (κ1) is 19.0. The molecule has 1 atom stereocenters. The molecule has 0 saturated heterocycles. The Morgan fingerprint density at radius 3 is 2.53 bits per heavy atom. The molecule has 2 aromatic heterocycles. The average Bonchev–Trinajstić information content (AvgIpc) is 3.03. The molecule has 0 fully saturated rings. The molecule has 1 aliphatic rings. The Labute approximate surface area is 182 Å². The number of carbonyl (C=O) groups is 1. The number of amides is 1. The Hall–Kier alpha value is -3.03. The van der Waals surface area contributed by atoms with Crippen LogP contribution in [0.4, 0.5) is 10.2 Å². The number of hydrogen-bond donors (Lipinski definition) is 0. The van der Waals surface area contributed by atoms with E-state index < -0.39 is 17.8 Å². The normalized spacial score (nSPS) is 15.6. The largest absolute Gasteiger partial charge is 0.450 e. The number of hydrogen-bond acceptors (Lipinski definition) is 4. The molecule has 0 saturated carbocycles. The molecule has 1 amide bonds. The van der Waals surface area contributed by atoms with Crippen molar-refractivity contribution in [2.75, 3.05) is 4.90 Å². The molecule has 5 nitrogen and oxygen atoms in total. The molecule has 5 rings (SSSR count). The second-order valence-electron chi connectivity index (χ2n) is 6.78. The lowest BCUT2D eigenvalue weighted by Crippen LogP contribution is -2.30. The van der Waals surface area contributed by atoms with Crippen molar-refractivity contribution < 1.29 is 13.6 Å². The quantitative estimate of drug-likeness (QED) is 0.376. The van der Waals surface area contributed by atoms with Crippen molar-refractivity contribution in [2.24, 2.45) is 0 Å². The lowest BCUT2D eigenvalue weighted by atomic mass is 9.98. The van der Waals surface area contributed by atoms with E-state index in [1.165, 1.54) is 35.4 Å². The predicted octanol–water partition coefficient (Wildman–Crippen LogP) is 5.49. The van der Waals surface area contributed by atoms with Gasteiger partial charge in [-0.25, -0.2) is 9.37 Å². The molecule has 0 bridgehead atoms. The topological polar surface area (TPSA) is 63.4 Å². The second-order valence-corrected chi connectivity index (χ2v) is 8.13. The Kier molecular flexibility index (Phi) is 4.45. The fourth-order valence-corrected chi connectivity index (χ4v) is 4.13. The van der Waals surface area contributed by atoms with E-state index in [0.29, 0.717) is 31.8 Å². The summed E-state index contributed by atoms with van der Waals surface area (Å²) in [5.74, 6) is -0.680. The molecular formula is C22H11BrClFN2O3. The highest BCUT2D eigenvalue weighted by Gasteiger charge is 2.44. The third kappa shape index (κ3) is 2.93. The van der Waals surface area contributed by atoms with Crippen LogP contribution in [0.5, 0.6) is 0 Å². The van der Waals surface area contributed by atoms with Crippen LogP contribution in [-0.2, 0) is 0 Å². The van der Waals surface area contributed by atoms with Crippen LogP contribution in [0.15, 0.2) is 74.5 Å². The fraction of sp³-hybridized carbons (Fsp3) is 0.0455. The van der Waals surface area contributed by atoms with E-state index in [4.69, 9.17) is 16.0 Å². The van der Waals surface area contributed by atoms with Crippen molar-refractivity contribution in [3.63, 3.8) is 0 Å². The van der Waals surface area contributed by atoms with Crippen LogP contribution in [0.2, 0.25) is 5.02 Å². The van der Waals surface area contributed by atoms with Crippen LogP contribution in [0.3, 0.4) is 0 Å². The number of anilines is 1. The first-order valence-corrected chi connectivity index (χ1v) is 10.1. The van der Waals surface area contributed by atoms with Gasteiger partial charge >= 0.3 is 0 Å². The standard InChI is InChI=1S/C22H11BrClFN2O3/c23-12-3-7-16-15(9-12)20(28)18-19(11-1-5-14(25)6-2-11)27(22(29)21(18)30-16)17-8-4-13(24)10-26-17/h1-10,19H. The van der Waals surface area contributed by atoms with Gasteiger partial charge in [0.2, 0.25) is 5.76 Å². The molecule has 3 heterocycles. The van der Waals surface area contributed by atoms with Crippen molar-refractivity contribution >= 4 is 50.2 Å². The van der Waals surface area contributed by atoms with E-state index in [1.54, 1.807) is 30.3 Å². The van der Waals surface area contributed by atoms with E-state index in [1.807, 2.05) is 0 Å². The highest BCUT2D eigenvalue weighted by Crippen LogP contribution is 2.40. The summed E-state index contributed by atoms with van der Waals surface area (Å²) in [7, 11) is 0. The van der Waals surface area contributed by atoms with Crippen molar-refractivity contribution in [1.82, 2.24) is 4.98 Å². The third-order valence-electron chi connectivity index (χ3n) is 4.98. The molecule has 2 aromatic carbocycles. The van der Waals surface area contributed by atoms with Crippen molar-refractivity contribution in [3.05, 3.63) is 103 Å². The number of rotatable bonds is 2. The molecule has 1 aliphatic heterocycles. The van der Waals surface area contributed by atoms with Crippen LogP contribution in [0.25, 0.3) is 11.0 Å². The van der Waals surface area contributed by atoms with E-state index in [9.17, 15) is 14.0 Å². The van der Waals surface area contributed by atoms with E-state index in [2.05, 4.69) is 20.9 Å². The molecule has 148 valence electrons. The number of aromatic nitrogens is 1. The van der Waals surface area contributed by atoms with Gasteiger partial charge in [0.05, 0.1) is 22.0 Å². The molecule has 4 aromatic rings. The molecule has 0 spiro atoms. The smallest absolute Gasteiger partial charge is 0.296 e. The zero-order chi connectivity index (χ0) is 21.0. The number of nitrogens with zero attached hydrogens (tertiary/aromatic N) is 2. The molecule has 0 radical (unpaired) electrons. The van der Waals surface area contributed by atoms with Gasteiger partial charge < -0.3 is 4.42 Å². The minimum absolute atomic E-state index is 0.0547. The molecule has 8 heteroatoms. The Morgan fingerprint density at radius 2 is 1.83 bits per heavy atom. The summed E-state index contributed by atoms with van der Waals surface area (Å²) in [4.78, 5) is 32.4. The molecule has 0 aliphatic carbocycles. The van der Waals surface area contributed by atoms with Crippen LogP contribution in [0.1, 0.15) is 27.7 Å². The average molecular weight is 486 g/mol. The van der Waals surface area contributed by atoms with Crippen LogP contribution >= 0.6 is 27.5 Å². The van der Waals surface area contributed by atoms with E-state index in [-0.39, 0.29) is 16.8 Å². The van der Waals surface area contributed by atoms with Crippen molar-refractivity contribution in [2.45, 2.75) is 6.04 Å². The lowest BCUT2D eigenvalue weighted by molar-refractivity contribution is 0.0970. The van der Waals surface area contributed by atoms with E-state index >= 15 is 0 Å². The number of benzene rings is 2. The molecule has 0 N–H and O–H groups in total. The summed E-state index contributed by atoms with van der Waals surface area (Å²) in [6, 6.07) is 13.0. The van der Waals surface area contributed by atoms with Gasteiger partial charge in [-0.2, -0.15) is 0 Å². The summed E-state index contributed by atoms with van der Waals surface area (Å²) in [6.07, 6.45) is 1.41. The van der Waals surface area contributed by atoms with Gasteiger partial charge in [-0.1, -0.05) is 39.7 Å². The van der Waals surface area contributed by atoms with Gasteiger partial charge in [0.15, 0.2) is 5.43 Å². The molecular weight excluding hydrogens is 475 g/mol. The zero-order valence-corrected chi connectivity index (χ0v) is 17.4. The number of pyridine rings is 1. The maximum atomic E-state index is 13.5. The zero-order valence-electron chi connectivity index (χ0n) is 15.1. The fourth-order valence-electron chi connectivity index (χ4n) is 3.65. The van der Waals surface area contributed by atoms with Gasteiger partial charge in [-0.05, 0) is 48.0 Å². The summed E-state index contributed by atoms with van der Waals surface area (Å²) < 4.78 is 20.1. The SMILES string of the molecule is O=C1c2oc3ccc(Br)cc3c(=O)c2C(c2ccc(F)cc2)N1c1ccc(Cl)cn1. The summed E-state index contributed by atoms with van der Waals surface area (Å²) in [5.41, 5.74) is 0.724. The van der Waals surface area contributed by atoms with Crippen LogP contribution in [0, 0.1) is 5.82 Å². The van der Waals surface area contributed by atoms with Gasteiger partial charge in [-0.3, -0.25) is 14.5 Å². The van der Waals surface area contributed by atoms with Crippen LogP contribution in [-0.4, -0.2) is 10.9 Å². The van der Waals surface area contributed by atoms with E-state index in [0.717, 1.165) is 0 Å². The highest BCUT2D eigenvalue weighted by molar-refractivity contribution is 9.10. The summed E-state index contributed by atoms with van der Waals surface area (Å²) >= 11 is 9.31. The third-order valence-corrected chi connectivity index (χ3v) is 5.69. The van der Waals surface area contributed by atoms with Gasteiger partial charge in [0.25, 0.3) is 5.91 Å². The van der Waals surface area contributed by atoms with Gasteiger partial charge in [0, 0.05) is 10.7 Å². The summed E-state index contributed by atoms with van der Waals surface area (Å²) in [5, 5.41) is 0.750. The number of fused-ring (bicyclic) bond motifs is 2. The predicted molar refractivity (Wildman–Crippen MR) is 114 cm³/mol. The van der Waals surface area contributed by atoms with Crippen LogP contribution < -0.4 is 10.3 Å². The number of carbonyl (C=O) groups excluding carboxylic acids is 1. The van der Waals surface area contributed by atoms with Gasteiger partial charge in [0.1, 0.15) is 17.2 Å².